The van der Waals surface area contributed by atoms with E-state index in [0.29, 0.717) is 23.6 Å². The molecule has 0 aliphatic rings. The van der Waals surface area contributed by atoms with Crippen LogP contribution in [0.4, 0.5) is 0 Å². The number of ether oxygens (including phenoxy) is 2. The molecule has 0 radical (unpaired) electrons. The highest BCUT2D eigenvalue weighted by Gasteiger charge is 2.16. The van der Waals surface area contributed by atoms with Gasteiger partial charge in [0.15, 0.2) is 0 Å². The van der Waals surface area contributed by atoms with Gasteiger partial charge in [0.05, 0.1) is 26.3 Å². The number of nitrogens with one attached hydrogen (secondary N) is 1. The Morgan fingerprint density at radius 1 is 1.19 bits per heavy atom. The van der Waals surface area contributed by atoms with Gasteiger partial charge in [0, 0.05) is 15.8 Å². The van der Waals surface area contributed by atoms with Crippen LogP contribution in [0.5, 0.6) is 11.5 Å². The van der Waals surface area contributed by atoms with Gasteiger partial charge in [-0.05, 0) is 46.7 Å². The van der Waals surface area contributed by atoms with E-state index < -0.39 is 6.10 Å². The fraction of sp³-hybridized carbons (Fsp3) is 0.211. The SMILES string of the molecule is COc1ccc(C(=O)NCc2ccc(C(O)c3ccsc3)s2)c(OC)c1. The minimum Gasteiger partial charge on any atom is -0.497 e. The predicted octanol–water partition coefficient (Wildman–Crippen LogP) is 3.84. The summed E-state index contributed by atoms with van der Waals surface area (Å²) < 4.78 is 10.4. The molecule has 7 heteroatoms. The number of aliphatic hydroxyl groups excluding tert-OH is 1. The Balaban J connectivity index is 1.65. The van der Waals surface area contributed by atoms with E-state index in [4.69, 9.17) is 9.47 Å². The lowest BCUT2D eigenvalue weighted by Gasteiger charge is -2.10. The van der Waals surface area contributed by atoms with E-state index >= 15 is 0 Å². The molecule has 26 heavy (non-hydrogen) atoms. The summed E-state index contributed by atoms with van der Waals surface area (Å²) in [6.45, 7) is 0.384. The van der Waals surface area contributed by atoms with Crippen LogP contribution in [0.2, 0.25) is 0 Å². The van der Waals surface area contributed by atoms with Gasteiger partial charge in [-0.2, -0.15) is 11.3 Å². The highest BCUT2D eigenvalue weighted by atomic mass is 32.1. The summed E-state index contributed by atoms with van der Waals surface area (Å²) in [5, 5.41) is 17.1. The summed E-state index contributed by atoms with van der Waals surface area (Å²) in [4.78, 5) is 14.3. The maximum absolute atomic E-state index is 12.4. The topological polar surface area (TPSA) is 67.8 Å². The lowest BCUT2D eigenvalue weighted by Crippen LogP contribution is -2.22. The Kier molecular flexibility index (Phi) is 5.92. The molecule has 1 atom stereocenters. The van der Waals surface area contributed by atoms with Gasteiger partial charge in [-0.15, -0.1) is 11.3 Å². The summed E-state index contributed by atoms with van der Waals surface area (Å²) in [6, 6.07) is 10.8. The highest BCUT2D eigenvalue weighted by Crippen LogP contribution is 2.30. The third kappa shape index (κ3) is 4.07. The second-order valence-electron chi connectivity index (χ2n) is 5.51. The molecule has 0 saturated carbocycles. The second-order valence-corrected chi connectivity index (χ2v) is 7.49. The molecule has 0 spiro atoms. The lowest BCUT2D eigenvalue weighted by molar-refractivity contribution is 0.0948. The van der Waals surface area contributed by atoms with Crippen molar-refractivity contribution in [1.29, 1.82) is 0 Å². The molecule has 0 aliphatic heterocycles. The zero-order valence-corrected chi connectivity index (χ0v) is 16.0. The smallest absolute Gasteiger partial charge is 0.255 e. The van der Waals surface area contributed by atoms with Gasteiger partial charge in [-0.3, -0.25) is 4.79 Å². The predicted molar refractivity (Wildman–Crippen MR) is 103 cm³/mol. The van der Waals surface area contributed by atoms with Crippen LogP contribution in [0.25, 0.3) is 0 Å². The average molecular weight is 389 g/mol. The Morgan fingerprint density at radius 3 is 2.73 bits per heavy atom. The van der Waals surface area contributed by atoms with Gasteiger partial charge in [0.2, 0.25) is 0 Å². The van der Waals surface area contributed by atoms with Crippen molar-refractivity contribution in [3.63, 3.8) is 0 Å². The van der Waals surface area contributed by atoms with E-state index in [1.165, 1.54) is 18.4 Å². The van der Waals surface area contributed by atoms with Crippen molar-refractivity contribution in [3.8, 4) is 11.5 Å². The number of methoxy groups -OCH3 is 2. The fourth-order valence-corrected chi connectivity index (χ4v) is 4.13. The second kappa shape index (κ2) is 8.35. The van der Waals surface area contributed by atoms with Crippen molar-refractivity contribution in [1.82, 2.24) is 5.32 Å². The van der Waals surface area contributed by atoms with Crippen LogP contribution in [0.1, 0.15) is 31.8 Å². The molecule has 3 rings (SSSR count). The maximum atomic E-state index is 12.4. The molecule has 1 aromatic carbocycles. The first-order valence-electron chi connectivity index (χ1n) is 7.91. The zero-order chi connectivity index (χ0) is 18.5. The quantitative estimate of drug-likeness (QED) is 0.644. The van der Waals surface area contributed by atoms with Gasteiger partial charge in [0.25, 0.3) is 5.91 Å². The molecule has 0 fully saturated rings. The molecule has 1 unspecified atom stereocenters. The first kappa shape index (κ1) is 18.4. The van der Waals surface area contributed by atoms with E-state index in [-0.39, 0.29) is 5.91 Å². The molecule has 2 aromatic heterocycles. The van der Waals surface area contributed by atoms with Gasteiger partial charge in [-0.1, -0.05) is 0 Å². The van der Waals surface area contributed by atoms with Crippen LogP contribution in [-0.4, -0.2) is 25.2 Å². The largest absolute Gasteiger partial charge is 0.497 e. The van der Waals surface area contributed by atoms with E-state index in [1.807, 2.05) is 29.0 Å². The summed E-state index contributed by atoms with van der Waals surface area (Å²) in [7, 11) is 3.08. The van der Waals surface area contributed by atoms with Crippen LogP contribution in [-0.2, 0) is 6.54 Å². The fourth-order valence-electron chi connectivity index (χ4n) is 2.48. The molecule has 0 aliphatic carbocycles. The van der Waals surface area contributed by atoms with E-state index in [9.17, 15) is 9.90 Å². The molecule has 1 amide bonds. The van der Waals surface area contributed by atoms with Crippen molar-refractivity contribution in [2.75, 3.05) is 14.2 Å². The molecular formula is C19H19NO4S2. The molecule has 3 aromatic rings. The molecule has 5 nitrogen and oxygen atoms in total. The van der Waals surface area contributed by atoms with Crippen LogP contribution in [0, 0.1) is 0 Å². The Labute approximate surface area is 159 Å². The number of amides is 1. The average Bonchev–Trinajstić information content (AvgIpc) is 3.37. The number of thiophene rings is 2. The summed E-state index contributed by atoms with van der Waals surface area (Å²) in [6.07, 6.45) is -0.627. The molecule has 2 heterocycles. The van der Waals surface area contributed by atoms with Crippen molar-refractivity contribution < 1.29 is 19.4 Å². The third-order valence-corrected chi connectivity index (χ3v) is 5.73. The minimum atomic E-state index is -0.627. The Morgan fingerprint density at radius 2 is 2.04 bits per heavy atom. The normalized spacial score (nSPS) is 11.8. The van der Waals surface area contributed by atoms with Gasteiger partial charge in [-0.25, -0.2) is 0 Å². The number of carbonyl (C=O) groups is 1. The van der Waals surface area contributed by atoms with E-state index in [1.54, 1.807) is 36.6 Å². The zero-order valence-electron chi connectivity index (χ0n) is 14.4. The van der Waals surface area contributed by atoms with Crippen LogP contribution in [0.3, 0.4) is 0 Å². The highest BCUT2D eigenvalue weighted by molar-refractivity contribution is 7.12. The van der Waals surface area contributed by atoms with Crippen molar-refractivity contribution in [2.45, 2.75) is 12.6 Å². The van der Waals surface area contributed by atoms with Crippen LogP contribution >= 0.6 is 22.7 Å². The molecule has 2 N–H and O–H groups in total. The van der Waals surface area contributed by atoms with Crippen LogP contribution in [0.15, 0.2) is 47.2 Å². The lowest BCUT2D eigenvalue weighted by atomic mass is 10.1. The third-order valence-electron chi connectivity index (χ3n) is 3.89. The molecular weight excluding hydrogens is 370 g/mol. The first-order chi connectivity index (χ1) is 12.6. The number of benzene rings is 1. The number of hydrogen-bond acceptors (Lipinski definition) is 6. The van der Waals surface area contributed by atoms with Gasteiger partial charge >= 0.3 is 0 Å². The number of rotatable bonds is 7. The van der Waals surface area contributed by atoms with Gasteiger partial charge < -0.3 is 19.9 Å². The Bertz CT molecular complexity index is 874. The van der Waals surface area contributed by atoms with Crippen LogP contribution < -0.4 is 14.8 Å². The molecule has 0 bridgehead atoms. The number of hydrogen-bond donors (Lipinski definition) is 2. The molecule has 136 valence electrons. The summed E-state index contributed by atoms with van der Waals surface area (Å²) in [5.74, 6) is 0.864. The van der Waals surface area contributed by atoms with E-state index in [2.05, 4.69) is 5.32 Å². The monoisotopic (exact) mass is 389 g/mol. The number of aliphatic hydroxyl groups is 1. The van der Waals surface area contributed by atoms with E-state index in [0.717, 1.165) is 15.3 Å². The van der Waals surface area contributed by atoms with Crippen molar-refractivity contribution >= 4 is 28.6 Å². The molecule has 0 saturated heterocycles. The van der Waals surface area contributed by atoms with Crippen molar-refractivity contribution in [2.24, 2.45) is 0 Å². The Hall–Kier alpha value is -2.35. The minimum absolute atomic E-state index is 0.224. The van der Waals surface area contributed by atoms with Crippen molar-refractivity contribution in [3.05, 3.63) is 68.0 Å². The van der Waals surface area contributed by atoms with Gasteiger partial charge in [0.1, 0.15) is 17.6 Å². The standard InChI is InChI=1S/C19H19NO4S2/c1-23-13-3-5-15(16(9-13)24-2)19(22)20-10-14-4-6-17(26-14)18(21)12-7-8-25-11-12/h3-9,11,18,21H,10H2,1-2H3,(H,20,22). The summed E-state index contributed by atoms with van der Waals surface area (Å²) in [5.41, 5.74) is 1.33. The number of carbonyl (C=O) groups excluding carboxylic acids is 1. The summed E-state index contributed by atoms with van der Waals surface area (Å²) >= 11 is 3.04. The first-order valence-corrected chi connectivity index (χ1v) is 9.67. The maximum Gasteiger partial charge on any atom is 0.255 e.